The summed E-state index contributed by atoms with van der Waals surface area (Å²) in [6, 6.07) is 10.2. The number of rotatable bonds is 8. The molecule has 1 aliphatic rings. The second-order valence-electron chi connectivity index (χ2n) is 10.3. The summed E-state index contributed by atoms with van der Waals surface area (Å²) in [6.45, 7) is 7.19. The van der Waals surface area contributed by atoms with Crippen molar-refractivity contribution in [3.63, 3.8) is 0 Å². The fourth-order valence-corrected chi connectivity index (χ4v) is 7.22. The lowest BCUT2D eigenvalue weighted by Gasteiger charge is -2.37. The van der Waals surface area contributed by atoms with Crippen LogP contribution in [0, 0.1) is 23.7 Å². The summed E-state index contributed by atoms with van der Waals surface area (Å²) >= 11 is 0. The van der Waals surface area contributed by atoms with Crippen LogP contribution in [0.4, 0.5) is 0 Å². The van der Waals surface area contributed by atoms with Crippen LogP contribution >= 0.6 is 0 Å². The Morgan fingerprint density at radius 1 is 1.21 bits per heavy atom. The molecule has 1 N–H and O–H groups in total. The quantitative estimate of drug-likeness (QED) is 0.479. The van der Waals surface area contributed by atoms with E-state index in [4.69, 9.17) is 9.47 Å². The Hall–Kier alpha value is -2.62. The molecule has 0 bridgehead atoms. The first-order valence-corrected chi connectivity index (χ1v) is 15.7. The van der Waals surface area contributed by atoms with Crippen molar-refractivity contribution >= 4 is 20.0 Å². The lowest BCUT2D eigenvalue weighted by Crippen LogP contribution is -2.50. The summed E-state index contributed by atoms with van der Waals surface area (Å²) < 4.78 is 68.0. The first-order valence-electron chi connectivity index (χ1n) is 12.8. The zero-order valence-electron chi connectivity index (χ0n) is 23.3. The van der Waals surface area contributed by atoms with Gasteiger partial charge in [-0.1, -0.05) is 38.7 Å². The molecule has 9 nitrogen and oxygen atoms in total. The highest BCUT2D eigenvalue weighted by Crippen LogP contribution is 2.34. The minimum Gasteiger partial charge on any atom is -0.497 e. The van der Waals surface area contributed by atoms with E-state index >= 15 is 0 Å². The molecule has 2 aromatic rings. The maximum Gasteiger partial charge on any atom is 0.247 e. The largest absolute Gasteiger partial charge is 0.497 e. The molecule has 214 valence electrons. The van der Waals surface area contributed by atoms with E-state index in [1.807, 2.05) is 0 Å². The number of fused-ring (bicyclic) bond motifs is 1. The van der Waals surface area contributed by atoms with Crippen LogP contribution in [0.15, 0.2) is 52.3 Å². The summed E-state index contributed by atoms with van der Waals surface area (Å²) in [4.78, 5) is 0.0245. The summed E-state index contributed by atoms with van der Waals surface area (Å²) in [5, 5.41) is 9.84. The zero-order chi connectivity index (χ0) is 29.0. The molecule has 0 saturated carbocycles. The number of benzene rings is 2. The lowest BCUT2D eigenvalue weighted by atomic mass is 10.0. The molecule has 0 spiro atoms. The SMILES string of the molecule is COc1cccc(S(=O)(=O)N(C)C[C@H]2Oc3cc(C#CCC(C)C)ccc3S(=O)(=O)N([C@@H](C)CO)C[C@@H]2C)c1. The van der Waals surface area contributed by atoms with Gasteiger partial charge < -0.3 is 14.6 Å². The van der Waals surface area contributed by atoms with Gasteiger partial charge in [0.05, 0.1) is 25.2 Å². The van der Waals surface area contributed by atoms with Gasteiger partial charge in [0.1, 0.15) is 22.5 Å². The smallest absolute Gasteiger partial charge is 0.247 e. The predicted molar refractivity (Wildman–Crippen MR) is 150 cm³/mol. The topological polar surface area (TPSA) is 113 Å². The van der Waals surface area contributed by atoms with E-state index in [0.29, 0.717) is 23.7 Å². The summed E-state index contributed by atoms with van der Waals surface area (Å²) in [6.07, 6.45) is -0.0122. The first-order chi connectivity index (χ1) is 18.3. The van der Waals surface area contributed by atoms with Gasteiger partial charge in [-0.15, -0.1) is 0 Å². The minimum atomic E-state index is -4.01. The normalized spacial score (nSPS) is 20.2. The average Bonchev–Trinajstić information content (AvgIpc) is 2.89. The third kappa shape index (κ3) is 7.13. The molecule has 0 aromatic heterocycles. The monoisotopic (exact) mass is 578 g/mol. The highest BCUT2D eigenvalue weighted by molar-refractivity contribution is 7.89. The molecular formula is C28H38N2O7S2. The summed E-state index contributed by atoms with van der Waals surface area (Å²) in [5.41, 5.74) is 0.593. The number of methoxy groups -OCH3 is 1. The van der Waals surface area contributed by atoms with Gasteiger partial charge >= 0.3 is 0 Å². The van der Waals surface area contributed by atoms with E-state index in [0.717, 1.165) is 0 Å². The van der Waals surface area contributed by atoms with Crippen LogP contribution in [-0.2, 0) is 20.0 Å². The fraction of sp³-hybridized carbons (Fsp3) is 0.500. The molecule has 0 aliphatic carbocycles. The maximum atomic E-state index is 13.7. The maximum absolute atomic E-state index is 13.7. The van der Waals surface area contributed by atoms with Gasteiger partial charge in [0.25, 0.3) is 0 Å². The Labute approximate surface area is 232 Å². The van der Waals surface area contributed by atoms with Gasteiger partial charge in [-0.05, 0) is 43.2 Å². The van der Waals surface area contributed by atoms with Gasteiger partial charge in [-0.3, -0.25) is 0 Å². The Morgan fingerprint density at radius 3 is 2.56 bits per heavy atom. The van der Waals surface area contributed by atoms with Gasteiger partial charge in [-0.25, -0.2) is 16.8 Å². The van der Waals surface area contributed by atoms with Crippen LogP contribution in [0.2, 0.25) is 0 Å². The van der Waals surface area contributed by atoms with Crippen LogP contribution < -0.4 is 9.47 Å². The van der Waals surface area contributed by atoms with Crippen molar-refractivity contribution in [2.45, 2.75) is 56.1 Å². The summed E-state index contributed by atoms with van der Waals surface area (Å²) in [5.74, 6) is 6.65. The van der Waals surface area contributed by atoms with Crippen molar-refractivity contribution in [2.24, 2.45) is 11.8 Å². The lowest BCUT2D eigenvalue weighted by molar-refractivity contribution is 0.0904. The average molecular weight is 579 g/mol. The fourth-order valence-electron chi connectivity index (χ4n) is 4.17. The van der Waals surface area contributed by atoms with E-state index < -0.39 is 38.1 Å². The second-order valence-corrected chi connectivity index (χ2v) is 14.2. The molecule has 2 aromatic carbocycles. The van der Waals surface area contributed by atoms with E-state index in [1.54, 1.807) is 38.1 Å². The molecule has 3 rings (SSSR count). The molecule has 11 heteroatoms. The van der Waals surface area contributed by atoms with Crippen LogP contribution in [0.1, 0.15) is 39.7 Å². The molecular weight excluding hydrogens is 540 g/mol. The molecule has 0 radical (unpaired) electrons. The highest BCUT2D eigenvalue weighted by atomic mass is 32.2. The van der Waals surface area contributed by atoms with E-state index in [9.17, 15) is 21.9 Å². The molecule has 0 unspecified atom stereocenters. The number of nitrogens with zero attached hydrogens (tertiary/aromatic N) is 2. The molecule has 0 amide bonds. The van der Waals surface area contributed by atoms with Crippen LogP contribution in [0.25, 0.3) is 0 Å². The van der Waals surface area contributed by atoms with E-state index in [1.165, 1.54) is 41.0 Å². The number of hydrogen-bond donors (Lipinski definition) is 1. The Morgan fingerprint density at radius 2 is 1.92 bits per heavy atom. The number of ether oxygens (including phenoxy) is 2. The number of aliphatic hydroxyl groups is 1. The van der Waals surface area contributed by atoms with Crippen LogP contribution in [-0.4, -0.2) is 76.6 Å². The second kappa shape index (κ2) is 12.7. The predicted octanol–water partition coefficient (Wildman–Crippen LogP) is 3.18. The van der Waals surface area contributed by atoms with Crippen LogP contribution in [0.3, 0.4) is 0 Å². The number of hydrogen-bond acceptors (Lipinski definition) is 7. The molecule has 0 fully saturated rings. The molecule has 1 heterocycles. The number of likely N-dealkylation sites (N-methyl/N-ethyl adjacent to an activating group) is 1. The van der Waals surface area contributed by atoms with Crippen molar-refractivity contribution in [2.75, 3.05) is 33.9 Å². The molecule has 39 heavy (non-hydrogen) atoms. The number of aliphatic hydroxyl groups excluding tert-OH is 1. The molecule has 3 atom stereocenters. The standard InChI is InChI=1S/C28H38N2O7S2/c1-20(2)9-7-10-23-13-14-28-26(15-23)37-27(21(3)17-30(22(4)19-31)39(28,34)35)18-29(5)38(32,33)25-12-8-11-24(16-25)36-6/h8,11-16,20-22,27,31H,9,17-19H2,1-6H3/t21-,22-,27+/m0/s1. The molecule has 0 saturated heterocycles. The van der Waals surface area contributed by atoms with E-state index in [2.05, 4.69) is 25.7 Å². The molecule has 1 aliphatic heterocycles. The highest BCUT2D eigenvalue weighted by Gasteiger charge is 2.39. The van der Waals surface area contributed by atoms with Gasteiger partial charge in [0, 0.05) is 43.6 Å². The van der Waals surface area contributed by atoms with Crippen molar-refractivity contribution in [3.8, 4) is 23.3 Å². The Bertz CT molecular complexity index is 1430. The van der Waals surface area contributed by atoms with E-state index in [-0.39, 0.29) is 35.2 Å². The number of sulfonamides is 2. The Kier molecular flexibility index (Phi) is 10.1. The van der Waals surface area contributed by atoms with Gasteiger partial charge in [-0.2, -0.15) is 8.61 Å². The van der Waals surface area contributed by atoms with Crippen LogP contribution in [0.5, 0.6) is 11.5 Å². The third-order valence-corrected chi connectivity index (χ3v) is 10.4. The minimum absolute atomic E-state index is 0.0369. The third-order valence-electron chi connectivity index (χ3n) is 6.60. The van der Waals surface area contributed by atoms with Crippen molar-refractivity contribution in [3.05, 3.63) is 48.0 Å². The van der Waals surface area contributed by atoms with Gasteiger partial charge in [0.2, 0.25) is 20.0 Å². The van der Waals surface area contributed by atoms with Gasteiger partial charge in [0.15, 0.2) is 0 Å². The summed E-state index contributed by atoms with van der Waals surface area (Å²) in [7, 11) is -4.99. The zero-order valence-corrected chi connectivity index (χ0v) is 24.9. The Balaban J connectivity index is 2.04. The van der Waals surface area contributed by atoms with Crippen molar-refractivity contribution in [1.82, 2.24) is 8.61 Å². The van der Waals surface area contributed by atoms with Crippen molar-refractivity contribution < 1.29 is 31.4 Å². The first kappa shape index (κ1) is 30.9. The van der Waals surface area contributed by atoms with Crippen molar-refractivity contribution in [1.29, 1.82) is 0 Å².